The van der Waals surface area contributed by atoms with E-state index in [1.165, 1.54) is 25.7 Å². The lowest BCUT2D eigenvalue weighted by Gasteiger charge is -2.40. The van der Waals surface area contributed by atoms with E-state index in [1.54, 1.807) is 0 Å². The van der Waals surface area contributed by atoms with Crippen molar-refractivity contribution in [2.45, 2.75) is 71.3 Å². The Kier molecular flexibility index (Phi) is 6.76. The van der Waals surface area contributed by atoms with Gasteiger partial charge in [0.05, 0.1) is 30.9 Å². The van der Waals surface area contributed by atoms with Crippen LogP contribution in [0.15, 0.2) is 35.5 Å². The summed E-state index contributed by atoms with van der Waals surface area (Å²) in [4.78, 5) is 13.4. The van der Waals surface area contributed by atoms with Crippen LogP contribution >= 0.6 is 0 Å². The van der Waals surface area contributed by atoms with Crippen molar-refractivity contribution in [1.82, 2.24) is 5.01 Å². The molecule has 0 unspecified atom stereocenters. The summed E-state index contributed by atoms with van der Waals surface area (Å²) in [5.41, 5.74) is 2.07. The van der Waals surface area contributed by atoms with Crippen molar-refractivity contribution >= 4 is 11.6 Å². The lowest BCUT2D eigenvalue weighted by Crippen LogP contribution is -2.49. The molecule has 0 saturated heterocycles. The van der Waals surface area contributed by atoms with Crippen molar-refractivity contribution < 1.29 is 14.3 Å². The number of carbonyl (C=O) groups excluding carboxylic acids is 1. The van der Waals surface area contributed by atoms with Gasteiger partial charge in [0.25, 0.3) is 0 Å². The van der Waals surface area contributed by atoms with Gasteiger partial charge in [0.1, 0.15) is 0 Å². The van der Waals surface area contributed by atoms with E-state index in [4.69, 9.17) is 14.6 Å². The normalized spacial score (nSPS) is 24.8. The molecule has 0 N–H and O–H groups in total. The zero-order valence-electron chi connectivity index (χ0n) is 18.3. The number of carbonyl (C=O) groups is 1. The van der Waals surface area contributed by atoms with Crippen LogP contribution in [0.4, 0.5) is 0 Å². The molecule has 1 aromatic carbocycles. The maximum atomic E-state index is 13.4. The Morgan fingerprint density at radius 2 is 1.60 bits per heavy atom. The van der Waals surface area contributed by atoms with E-state index >= 15 is 0 Å². The minimum Gasteiger partial charge on any atom is -0.490 e. The fraction of sp³-hybridized carbons (Fsp3) is 0.600. The number of hydrogen-bond acceptors (Lipinski definition) is 4. The quantitative estimate of drug-likeness (QED) is 0.470. The molecule has 5 nitrogen and oxygen atoms in total. The van der Waals surface area contributed by atoms with Gasteiger partial charge in [0.15, 0.2) is 11.5 Å². The lowest BCUT2D eigenvalue weighted by molar-refractivity contribution is -0.140. The van der Waals surface area contributed by atoms with E-state index in [1.807, 2.05) is 31.0 Å². The van der Waals surface area contributed by atoms with Gasteiger partial charge in [-0.1, -0.05) is 37.8 Å². The first-order valence-electron chi connectivity index (χ1n) is 11.7. The summed E-state index contributed by atoms with van der Waals surface area (Å²) in [5, 5.41) is 6.89. The average Bonchev–Trinajstić information content (AvgIpc) is 3.05. The number of benzene rings is 1. The molecule has 0 spiro atoms. The van der Waals surface area contributed by atoms with Crippen molar-refractivity contribution in [3.63, 3.8) is 0 Å². The Labute approximate surface area is 180 Å². The molecule has 30 heavy (non-hydrogen) atoms. The van der Waals surface area contributed by atoms with Crippen LogP contribution in [0.3, 0.4) is 0 Å². The van der Waals surface area contributed by atoms with Crippen molar-refractivity contribution in [2.75, 3.05) is 13.2 Å². The van der Waals surface area contributed by atoms with E-state index in [0.717, 1.165) is 48.5 Å². The van der Waals surface area contributed by atoms with Crippen LogP contribution in [0.5, 0.6) is 11.5 Å². The number of nitrogens with zero attached hydrogens (tertiary/aromatic N) is 2. The van der Waals surface area contributed by atoms with E-state index in [9.17, 15) is 4.79 Å². The molecule has 5 heteroatoms. The van der Waals surface area contributed by atoms with Crippen LogP contribution in [0.25, 0.3) is 0 Å². The largest absolute Gasteiger partial charge is 0.490 e. The summed E-state index contributed by atoms with van der Waals surface area (Å²) >= 11 is 0. The maximum absolute atomic E-state index is 13.4. The molecular formula is C25H34N2O3. The van der Waals surface area contributed by atoms with Gasteiger partial charge in [0, 0.05) is 11.5 Å². The van der Waals surface area contributed by atoms with E-state index in [2.05, 4.69) is 18.2 Å². The number of amides is 1. The summed E-state index contributed by atoms with van der Waals surface area (Å²) in [6, 6.07) is 6.33. The molecule has 1 aliphatic heterocycles. The van der Waals surface area contributed by atoms with Crippen molar-refractivity contribution in [2.24, 2.45) is 16.9 Å². The summed E-state index contributed by atoms with van der Waals surface area (Å²) in [7, 11) is 0. The highest BCUT2D eigenvalue weighted by atomic mass is 16.5. The molecule has 3 aliphatic rings. The van der Waals surface area contributed by atoms with Gasteiger partial charge in [-0.15, -0.1) is 0 Å². The molecule has 1 amide bonds. The third kappa shape index (κ3) is 4.26. The van der Waals surface area contributed by atoms with Crippen molar-refractivity contribution in [3.8, 4) is 11.5 Å². The molecule has 1 heterocycles. The van der Waals surface area contributed by atoms with Crippen LogP contribution in [0.1, 0.15) is 70.8 Å². The summed E-state index contributed by atoms with van der Waals surface area (Å²) in [6.07, 6.45) is 13.1. The summed E-state index contributed by atoms with van der Waals surface area (Å²) in [5.74, 6) is 1.86. The Bertz CT molecular complexity index is 809. The van der Waals surface area contributed by atoms with E-state index in [0.29, 0.717) is 13.2 Å². The second kappa shape index (κ2) is 9.67. The second-order valence-corrected chi connectivity index (χ2v) is 8.50. The molecular weight excluding hydrogens is 376 g/mol. The van der Waals surface area contributed by atoms with Crippen LogP contribution in [-0.4, -0.2) is 35.9 Å². The van der Waals surface area contributed by atoms with E-state index < -0.39 is 0 Å². The lowest BCUT2D eigenvalue weighted by atomic mass is 9.76. The monoisotopic (exact) mass is 410 g/mol. The minimum atomic E-state index is -0.00661. The Balaban J connectivity index is 1.73. The van der Waals surface area contributed by atoms with Crippen LogP contribution in [0.2, 0.25) is 0 Å². The zero-order valence-corrected chi connectivity index (χ0v) is 18.3. The van der Waals surface area contributed by atoms with Gasteiger partial charge >= 0.3 is 0 Å². The molecule has 1 fully saturated rings. The molecule has 1 saturated carbocycles. The molecule has 162 valence electrons. The second-order valence-electron chi connectivity index (χ2n) is 8.50. The van der Waals surface area contributed by atoms with Gasteiger partial charge in [-0.2, -0.15) is 5.10 Å². The van der Waals surface area contributed by atoms with Crippen LogP contribution < -0.4 is 9.47 Å². The average molecular weight is 411 g/mol. The van der Waals surface area contributed by atoms with Gasteiger partial charge in [-0.3, -0.25) is 4.79 Å². The highest BCUT2D eigenvalue weighted by Gasteiger charge is 2.42. The number of hydrogen-bond donors (Lipinski definition) is 0. The number of hydrazone groups is 1. The minimum absolute atomic E-state index is 0.00661. The summed E-state index contributed by atoms with van der Waals surface area (Å²) in [6.45, 7) is 5.14. The molecule has 2 atom stereocenters. The fourth-order valence-corrected chi connectivity index (χ4v) is 5.04. The Morgan fingerprint density at radius 1 is 0.933 bits per heavy atom. The molecule has 4 rings (SSSR count). The first kappa shape index (κ1) is 21.0. The van der Waals surface area contributed by atoms with Gasteiger partial charge in [0.2, 0.25) is 5.91 Å². The smallest absolute Gasteiger partial charge is 0.247 e. The Morgan fingerprint density at radius 3 is 2.30 bits per heavy atom. The third-order valence-corrected chi connectivity index (χ3v) is 6.55. The predicted molar refractivity (Wildman–Crippen MR) is 119 cm³/mol. The number of allylic oxidation sites excluding steroid dienone is 2. The maximum Gasteiger partial charge on any atom is 0.247 e. The van der Waals surface area contributed by atoms with Crippen LogP contribution in [0, 0.1) is 11.8 Å². The molecule has 0 radical (unpaired) electrons. The van der Waals surface area contributed by atoms with Crippen LogP contribution in [-0.2, 0) is 4.79 Å². The predicted octanol–water partition coefficient (Wildman–Crippen LogP) is 5.34. The first-order chi connectivity index (χ1) is 14.7. The number of ether oxygens (including phenoxy) is 2. The SMILES string of the molecule is CCOc1ccc(C2=NN(C3CCCCCC3)C(=O)[C@H]3CC=CC[C@@H]23)cc1OCC. The summed E-state index contributed by atoms with van der Waals surface area (Å²) < 4.78 is 11.6. The third-order valence-electron chi connectivity index (χ3n) is 6.55. The number of rotatable bonds is 6. The van der Waals surface area contributed by atoms with Gasteiger partial charge in [-0.25, -0.2) is 5.01 Å². The topological polar surface area (TPSA) is 51.1 Å². The van der Waals surface area contributed by atoms with Gasteiger partial charge in [-0.05, 0) is 57.7 Å². The standard InChI is InChI=1S/C25H34N2O3/c1-3-29-22-16-15-18(17-23(22)30-4-2)24-20-13-9-10-14-21(20)25(28)27(26-24)19-11-7-5-6-8-12-19/h9-10,15-17,19-21H,3-8,11-14H2,1-2H3/t20-,21+/m1/s1. The Hall–Kier alpha value is -2.30. The van der Waals surface area contributed by atoms with Gasteiger partial charge < -0.3 is 9.47 Å². The van der Waals surface area contributed by atoms with E-state index in [-0.39, 0.29) is 23.8 Å². The zero-order chi connectivity index (χ0) is 20.9. The first-order valence-corrected chi connectivity index (χ1v) is 11.7. The highest BCUT2D eigenvalue weighted by Crippen LogP contribution is 2.38. The van der Waals surface area contributed by atoms with Crippen molar-refractivity contribution in [1.29, 1.82) is 0 Å². The highest BCUT2D eigenvalue weighted by molar-refractivity contribution is 6.07. The molecule has 0 bridgehead atoms. The van der Waals surface area contributed by atoms with Crippen molar-refractivity contribution in [3.05, 3.63) is 35.9 Å². The molecule has 2 aliphatic carbocycles. The fourth-order valence-electron chi connectivity index (χ4n) is 5.04. The molecule has 1 aromatic rings. The molecule has 0 aromatic heterocycles. The number of fused-ring (bicyclic) bond motifs is 1.